The van der Waals surface area contributed by atoms with Gasteiger partial charge in [-0.3, -0.25) is 4.79 Å². The van der Waals surface area contributed by atoms with Crippen LogP contribution in [-0.4, -0.2) is 13.1 Å². The minimum absolute atomic E-state index is 0.245. The predicted molar refractivity (Wildman–Crippen MR) is 82.8 cm³/mol. The molecular weight excluding hydrogens is 264 g/mol. The van der Waals surface area contributed by atoms with Crippen LogP contribution in [0.5, 0.6) is 11.5 Å². The first-order valence-electron chi connectivity index (χ1n) is 7.15. The highest BCUT2D eigenvalue weighted by atomic mass is 16.6. The molecule has 3 nitrogen and oxygen atoms in total. The molecule has 0 aliphatic carbocycles. The summed E-state index contributed by atoms with van der Waals surface area (Å²) in [4.78, 5) is 12.0. The average Bonchev–Trinajstić information content (AvgIpc) is 2.53. The van der Waals surface area contributed by atoms with Crippen LogP contribution in [0.1, 0.15) is 24.5 Å². The van der Waals surface area contributed by atoms with E-state index in [4.69, 9.17) is 9.47 Å². The number of rotatable bonds is 6. The fraction of sp³-hybridized carbons (Fsp3) is 0.278. The number of ether oxygens (including phenoxy) is 2. The van der Waals surface area contributed by atoms with Crippen LogP contribution in [0, 0.1) is 0 Å². The Morgan fingerprint density at radius 1 is 0.952 bits per heavy atom. The predicted octanol–water partition coefficient (Wildman–Crippen LogP) is 3.80. The summed E-state index contributed by atoms with van der Waals surface area (Å²) in [5, 5.41) is 0. The van der Waals surface area contributed by atoms with Gasteiger partial charge in [-0.2, -0.15) is 0 Å². The molecule has 0 fully saturated rings. The van der Waals surface area contributed by atoms with E-state index in [0.717, 1.165) is 6.42 Å². The van der Waals surface area contributed by atoms with Crippen molar-refractivity contribution in [2.75, 3.05) is 7.11 Å². The van der Waals surface area contributed by atoms with Crippen molar-refractivity contribution >= 4 is 5.97 Å². The highest BCUT2D eigenvalue weighted by Gasteiger charge is 2.10. The Hall–Kier alpha value is -2.29. The van der Waals surface area contributed by atoms with E-state index in [0.29, 0.717) is 24.3 Å². The maximum absolute atomic E-state index is 12.0. The molecule has 2 aromatic rings. The van der Waals surface area contributed by atoms with Crippen LogP contribution in [0.25, 0.3) is 0 Å². The van der Waals surface area contributed by atoms with Crippen molar-refractivity contribution in [1.29, 1.82) is 0 Å². The van der Waals surface area contributed by atoms with Crippen LogP contribution in [0.4, 0.5) is 0 Å². The number of para-hydroxylation sites is 2. The number of hydrogen-bond acceptors (Lipinski definition) is 3. The van der Waals surface area contributed by atoms with Crippen molar-refractivity contribution in [3.8, 4) is 11.5 Å². The van der Waals surface area contributed by atoms with Gasteiger partial charge in [0, 0.05) is 6.42 Å². The lowest BCUT2D eigenvalue weighted by Crippen LogP contribution is -2.10. The fourth-order valence-electron chi connectivity index (χ4n) is 2.26. The monoisotopic (exact) mass is 284 g/mol. The van der Waals surface area contributed by atoms with E-state index in [2.05, 4.69) is 19.1 Å². The Labute approximate surface area is 125 Å². The third-order valence-corrected chi connectivity index (χ3v) is 3.39. The van der Waals surface area contributed by atoms with E-state index >= 15 is 0 Å². The van der Waals surface area contributed by atoms with Gasteiger partial charge in [0.05, 0.1) is 7.11 Å². The summed E-state index contributed by atoms with van der Waals surface area (Å²) in [6.07, 6.45) is 2.02. The van der Waals surface area contributed by atoms with E-state index in [1.165, 1.54) is 11.1 Å². The Bertz CT molecular complexity index is 605. The van der Waals surface area contributed by atoms with E-state index in [9.17, 15) is 4.79 Å². The summed E-state index contributed by atoms with van der Waals surface area (Å²) in [6, 6.07) is 15.3. The molecule has 0 aliphatic rings. The van der Waals surface area contributed by atoms with E-state index in [1.807, 2.05) is 24.3 Å². The summed E-state index contributed by atoms with van der Waals surface area (Å²) in [5.74, 6) is 0.791. The van der Waals surface area contributed by atoms with Gasteiger partial charge >= 0.3 is 5.97 Å². The summed E-state index contributed by atoms with van der Waals surface area (Å²) < 4.78 is 10.5. The fourth-order valence-corrected chi connectivity index (χ4v) is 2.26. The van der Waals surface area contributed by atoms with Gasteiger partial charge in [0.25, 0.3) is 0 Å². The topological polar surface area (TPSA) is 35.5 Å². The lowest BCUT2D eigenvalue weighted by molar-refractivity contribution is -0.134. The Balaban J connectivity index is 1.96. The van der Waals surface area contributed by atoms with Gasteiger partial charge in [0.2, 0.25) is 0 Å². The molecule has 0 unspecified atom stereocenters. The van der Waals surface area contributed by atoms with Crippen LogP contribution in [0.15, 0.2) is 48.5 Å². The van der Waals surface area contributed by atoms with Gasteiger partial charge in [-0.1, -0.05) is 43.3 Å². The largest absolute Gasteiger partial charge is 0.493 e. The van der Waals surface area contributed by atoms with Crippen molar-refractivity contribution in [3.63, 3.8) is 0 Å². The van der Waals surface area contributed by atoms with Gasteiger partial charge in [0.1, 0.15) is 0 Å². The van der Waals surface area contributed by atoms with Gasteiger partial charge < -0.3 is 9.47 Å². The van der Waals surface area contributed by atoms with Crippen molar-refractivity contribution in [2.24, 2.45) is 0 Å². The first kappa shape index (κ1) is 15.1. The molecular formula is C18H20O3. The molecule has 0 saturated heterocycles. The summed E-state index contributed by atoms with van der Waals surface area (Å²) in [5.41, 5.74) is 2.49. The third kappa shape index (κ3) is 4.09. The van der Waals surface area contributed by atoms with Crippen molar-refractivity contribution < 1.29 is 14.3 Å². The molecule has 2 rings (SSSR count). The smallest absolute Gasteiger partial charge is 0.311 e. The second-order valence-corrected chi connectivity index (χ2v) is 4.75. The van der Waals surface area contributed by atoms with E-state index in [1.54, 1.807) is 19.2 Å². The molecule has 0 amide bonds. The molecule has 0 aromatic heterocycles. The van der Waals surface area contributed by atoms with E-state index in [-0.39, 0.29) is 5.97 Å². The molecule has 0 aliphatic heterocycles. The third-order valence-electron chi connectivity index (χ3n) is 3.39. The number of methoxy groups -OCH3 is 1. The first-order valence-corrected chi connectivity index (χ1v) is 7.15. The highest BCUT2D eigenvalue weighted by molar-refractivity contribution is 5.73. The zero-order valence-corrected chi connectivity index (χ0v) is 12.5. The van der Waals surface area contributed by atoms with Gasteiger partial charge in [-0.25, -0.2) is 0 Å². The van der Waals surface area contributed by atoms with Crippen molar-refractivity contribution in [2.45, 2.75) is 26.2 Å². The lowest BCUT2D eigenvalue weighted by atomic mass is 10.0. The molecule has 0 saturated carbocycles. The SMILES string of the molecule is CCc1ccccc1CCC(=O)Oc1ccccc1OC. The number of carbonyl (C=O) groups excluding carboxylic acids is 1. The molecule has 2 aromatic carbocycles. The van der Waals surface area contributed by atoms with Gasteiger partial charge in [-0.05, 0) is 36.1 Å². The maximum Gasteiger partial charge on any atom is 0.311 e. The molecule has 0 atom stereocenters. The molecule has 0 bridgehead atoms. The number of esters is 1. The number of hydrogen-bond donors (Lipinski definition) is 0. The summed E-state index contributed by atoms with van der Waals surface area (Å²) >= 11 is 0. The maximum atomic E-state index is 12.0. The summed E-state index contributed by atoms with van der Waals surface area (Å²) in [7, 11) is 1.56. The molecule has 0 heterocycles. The molecule has 0 radical (unpaired) electrons. The number of benzene rings is 2. The van der Waals surface area contributed by atoms with Gasteiger partial charge in [0.15, 0.2) is 11.5 Å². The number of aryl methyl sites for hydroxylation is 2. The zero-order chi connectivity index (χ0) is 15.1. The van der Waals surface area contributed by atoms with Crippen LogP contribution in [0.2, 0.25) is 0 Å². The van der Waals surface area contributed by atoms with Crippen LogP contribution < -0.4 is 9.47 Å². The lowest BCUT2D eigenvalue weighted by Gasteiger charge is -2.10. The van der Waals surface area contributed by atoms with Crippen molar-refractivity contribution in [3.05, 3.63) is 59.7 Å². The molecule has 21 heavy (non-hydrogen) atoms. The average molecular weight is 284 g/mol. The highest BCUT2D eigenvalue weighted by Crippen LogP contribution is 2.26. The molecule has 3 heteroatoms. The van der Waals surface area contributed by atoms with Crippen LogP contribution >= 0.6 is 0 Å². The minimum atomic E-state index is -0.245. The Morgan fingerprint density at radius 3 is 2.24 bits per heavy atom. The molecule has 0 spiro atoms. The second-order valence-electron chi connectivity index (χ2n) is 4.75. The molecule has 0 N–H and O–H groups in total. The standard InChI is InChI=1S/C18H20O3/c1-3-14-8-4-5-9-15(14)12-13-18(19)21-17-11-7-6-10-16(17)20-2/h4-11H,3,12-13H2,1-2H3. The zero-order valence-electron chi connectivity index (χ0n) is 12.5. The van der Waals surface area contributed by atoms with Crippen LogP contribution in [0.3, 0.4) is 0 Å². The van der Waals surface area contributed by atoms with E-state index < -0.39 is 0 Å². The first-order chi connectivity index (χ1) is 10.2. The minimum Gasteiger partial charge on any atom is -0.493 e. The number of carbonyl (C=O) groups is 1. The van der Waals surface area contributed by atoms with Crippen LogP contribution in [-0.2, 0) is 17.6 Å². The second kappa shape index (κ2) is 7.48. The molecule has 110 valence electrons. The quantitative estimate of drug-likeness (QED) is 0.598. The van der Waals surface area contributed by atoms with Crippen molar-refractivity contribution in [1.82, 2.24) is 0 Å². The Kier molecular flexibility index (Phi) is 5.38. The normalized spacial score (nSPS) is 10.2. The summed E-state index contributed by atoms with van der Waals surface area (Å²) in [6.45, 7) is 2.12. The van der Waals surface area contributed by atoms with Gasteiger partial charge in [-0.15, -0.1) is 0 Å². The Morgan fingerprint density at radius 2 is 1.57 bits per heavy atom.